The summed E-state index contributed by atoms with van der Waals surface area (Å²) in [5.41, 5.74) is 3.77. The number of aryl methyl sites for hydroxylation is 1. The summed E-state index contributed by atoms with van der Waals surface area (Å²) in [5, 5.41) is 4.34. The van der Waals surface area contributed by atoms with Gasteiger partial charge in [0.1, 0.15) is 5.92 Å². The van der Waals surface area contributed by atoms with Crippen molar-refractivity contribution < 1.29 is 14.4 Å². The molecule has 106 valence electrons. The van der Waals surface area contributed by atoms with Crippen LogP contribution in [0.25, 0.3) is 0 Å². The molecule has 2 rings (SSSR count). The van der Waals surface area contributed by atoms with Crippen LogP contribution in [0.15, 0.2) is 18.2 Å². The highest BCUT2D eigenvalue weighted by atomic mass is 35.5. The standard InChI is InChI=1S/C13H14ClN3O3/c1-7-5-8(14)3-4-10(7)15-11(18)6-9-12(19)16-17(2)13(9)20/h3-5,9H,6H2,1-2H3,(H,15,18)(H,16,19). The van der Waals surface area contributed by atoms with E-state index in [4.69, 9.17) is 11.6 Å². The van der Waals surface area contributed by atoms with Crippen LogP contribution in [0.4, 0.5) is 5.69 Å². The molecule has 6 nitrogen and oxygen atoms in total. The van der Waals surface area contributed by atoms with Crippen molar-refractivity contribution in [3.8, 4) is 0 Å². The Morgan fingerprint density at radius 2 is 2.15 bits per heavy atom. The zero-order valence-corrected chi connectivity index (χ0v) is 11.8. The van der Waals surface area contributed by atoms with Gasteiger partial charge in [-0.2, -0.15) is 0 Å². The summed E-state index contributed by atoms with van der Waals surface area (Å²) in [7, 11) is 1.45. The average molecular weight is 296 g/mol. The van der Waals surface area contributed by atoms with E-state index in [1.165, 1.54) is 7.05 Å². The van der Waals surface area contributed by atoms with E-state index in [0.717, 1.165) is 10.6 Å². The SMILES string of the molecule is Cc1cc(Cl)ccc1NC(=O)CC1C(=O)NN(C)C1=O. The zero-order valence-electron chi connectivity index (χ0n) is 11.1. The summed E-state index contributed by atoms with van der Waals surface area (Å²) in [6, 6.07) is 5.06. The van der Waals surface area contributed by atoms with Gasteiger partial charge in [0, 0.05) is 24.2 Å². The maximum Gasteiger partial charge on any atom is 0.253 e. The van der Waals surface area contributed by atoms with Crippen LogP contribution in [-0.2, 0) is 14.4 Å². The number of hydrazine groups is 1. The lowest BCUT2D eigenvalue weighted by Gasteiger charge is -2.10. The topological polar surface area (TPSA) is 78.5 Å². The van der Waals surface area contributed by atoms with Crippen LogP contribution in [0.2, 0.25) is 5.02 Å². The van der Waals surface area contributed by atoms with Crippen molar-refractivity contribution in [3.05, 3.63) is 28.8 Å². The molecule has 0 saturated carbocycles. The summed E-state index contributed by atoms with van der Waals surface area (Å²) < 4.78 is 0. The van der Waals surface area contributed by atoms with Crippen molar-refractivity contribution in [1.82, 2.24) is 10.4 Å². The fraction of sp³-hybridized carbons (Fsp3) is 0.308. The van der Waals surface area contributed by atoms with Crippen LogP contribution < -0.4 is 10.7 Å². The highest BCUT2D eigenvalue weighted by molar-refractivity contribution is 6.30. The lowest BCUT2D eigenvalue weighted by Crippen LogP contribution is -2.31. The molecule has 0 bridgehead atoms. The molecule has 0 aromatic heterocycles. The molecule has 7 heteroatoms. The number of nitrogens with zero attached hydrogens (tertiary/aromatic N) is 1. The van der Waals surface area contributed by atoms with E-state index < -0.39 is 17.7 Å². The largest absolute Gasteiger partial charge is 0.326 e. The maximum absolute atomic E-state index is 11.9. The van der Waals surface area contributed by atoms with Crippen LogP contribution >= 0.6 is 11.6 Å². The first-order chi connectivity index (χ1) is 9.38. The number of nitrogens with one attached hydrogen (secondary N) is 2. The van der Waals surface area contributed by atoms with Crippen LogP contribution in [0, 0.1) is 12.8 Å². The van der Waals surface area contributed by atoms with Crippen molar-refractivity contribution in [3.63, 3.8) is 0 Å². The molecule has 20 heavy (non-hydrogen) atoms. The Labute approximate surface area is 121 Å². The first kappa shape index (κ1) is 14.3. The van der Waals surface area contributed by atoms with Gasteiger partial charge in [0.25, 0.3) is 11.8 Å². The summed E-state index contributed by atoms with van der Waals surface area (Å²) >= 11 is 5.83. The van der Waals surface area contributed by atoms with Crippen LogP contribution in [0.5, 0.6) is 0 Å². The second kappa shape index (κ2) is 5.50. The van der Waals surface area contributed by atoms with E-state index in [0.29, 0.717) is 10.7 Å². The Bertz CT molecular complexity index is 588. The number of carbonyl (C=O) groups excluding carboxylic acids is 3. The van der Waals surface area contributed by atoms with Gasteiger partial charge >= 0.3 is 0 Å². The number of halogens is 1. The molecule has 0 spiro atoms. The molecule has 1 unspecified atom stereocenters. The van der Waals surface area contributed by atoms with Crippen LogP contribution in [0.3, 0.4) is 0 Å². The Kier molecular flexibility index (Phi) is 3.94. The highest BCUT2D eigenvalue weighted by Gasteiger charge is 2.38. The zero-order chi connectivity index (χ0) is 14.9. The molecule has 1 aromatic carbocycles. The number of hydrogen-bond acceptors (Lipinski definition) is 3. The third-order valence-electron chi connectivity index (χ3n) is 3.08. The molecular weight excluding hydrogens is 282 g/mol. The van der Waals surface area contributed by atoms with Gasteiger partial charge < -0.3 is 5.32 Å². The summed E-state index contributed by atoms with van der Waals surface area (Å²) in [4.78, 5) is 35.1. The number of carbonyl (C=O) groups is 3. The lowest BCUT2D eigenvalue weighted by atomic mass is 10.0. The monoisotopic (exact) mass is 295 g/mol. The molecule has 0 aliphatic carbocycles. The normalized spacial score (nSPS) is 18.1. The number of rotatable bonds is 3. The number of amides is 3. The van der Waals surface area contributed by atoms with Gasteiger partial charge in [-0.3, -0.25) is 24.8 Å². The first-order valence-electron chi connectivity index (χ1n) is 6.02. The van der Waals surface area contributed by atoms with Gasteiger partial charge in [0.15, 0.2) is 0 Å². The van der Waals surface area contributed by atoms with Crippen LogP contribution in [0.1, 0.15) is 12.0 Å². The molecule has 1 aliphatic rings. The predicted octanol–water partition coefficient (Wildman–Crippen LogP) is 1.10. The molecule has 1 aromatic rings. The molecule has 2 N–H and O–H groups in total. The highest BCUT2D eigenvalue weighted by Crippen LogP contribution is 2.21. The maximum atomic E-state index is 11.9. The van der Waals surface area contributed by atoms with Gasteiger partial charge in [-0.15, -0.1) is 0 Å². The summed E-state index contributed by atoms with van der Waals surface area (Å²) in [6.45, 7) is 1.81. The Hall–Kier alpha value is -2.08. The van der Waals surface area contributed by atoms with Crippen molar-refractivity contribution in [1.29, 1.82) is 0 Å². The smallest absolute Gasteiger partial charge is 0.253 e. The van der Waals surface area contributed by atoms with E-state index in [1.807, 2.05) is 6.92 Å². The van der Waals surface area contributed by atoms with Crippen molar-refractivity contribution >= 4 is 35.0 Å². The third-order valence-corrected chi connectivity index (χ3v) is 3.31. The number of hydrogen-bond donors (Lipinski definition) is 2. The van der Waals surface area contributed by atoms with E-state index in [9.17, 15) is 14.4 Å². The summed E-state index contributed by atoms with van der Waals surface area (Å²) in [6.07, 6.45) is -0.183. The minimum Gasteiger partial charge on any atom is -0.326 e. The fourth-order valence-corrected chi connectivity index (χ4v) is 2.20. The Morgan fingerprint density at radius 3 is 2.70 bits per heavy atom. The van der Waals surface area contributed by atoms with E-state index in [1.54, 1.807) is 18.2 Å². The average Bonchev–Trinajstić information content (AvgIpc) is 2.60. The molecule has 1 fully saturated rings. The second-order valence-electron chi connectivity index (χ2n) is 4.64. The predicted molar refractivity (Wildman–Crippen MR) is 73.8 cm³/mol. The van der Waals surface area contributed by atoms with Crippen LogP contribution in [-0.4, -0.2) is 29.8 Å². The van der Waals surface area contributed by atoms with Crippen molar-refractivity contribution in [2.75, 3.05) is 12.4 Å². The van der Waals surface area contributed by atoms with Gasteiger partial charge in [-0.1, -0.05) is 11.6 Å². The van der Waals surface area contributed by atoms with Crippen molar-refractivity contribution in [2.24, 2.45) is 5.92 Å². The quantitative estimate of drug-likeness (QED) is 0.820. The second-order valence-corrected chi connectivity index (χ2v) is 5.07. The van der Waals surface area contributed by atoms with Gasteiger partial charge in [-0.05, 0) is 30.7 Å². The molecule has 0 radical (unpaired) electrons. The van der Waals surface area contributed by atoms with Gasteiger partial charge in [-0.25, -0.2) is 0 Å². The first-order valence-corrected chi connectivity index (χ1v) is 6.40. The minimum absolute atomic E-state index is 0.183. The molecule has 1 atom stereocenters. The number of anilines is 1. The molecular formula is C13H14ClN3O3. The van der Waals surface area contributed by atoms with Gasteiger partial charge in [0.05, 0.1) is 0 Å². The molecule has 1 saturated heterocycles. The lowest BCUT2D eigenvalue weighted by molar-refractivity contribution is -0.134. The van der Waals surface area contributed by atoms with E-state index in [2.05, 4.69) is 10.7 Å². The van der Waals surface area contributed by atoms with Gasteiger partial charge in [0.2, 0.25) is 5.91 Å². The fourth-order valence-electron chi connectivity index (χ4n) is 1.98. The van der Waals surface area contributed by atoms with Crippen molar-refractivity contribution in [2.45, 2.75) is 13.3 Å². The third kappa shape index (κ3) is 2.91. The minimum atomic E-state index is -0.965. The molecule has 1 aliphatic heterocycles. The molecule has 1 heterocycles. The molecule has 3 amide bonds. The Balaban J connectivity index is 2.03. The summed E-state index contributed by atoms with van der Waals surface area (Å²) in [5.74, 6) is -2.22. The Morgan fingerprint density at radius 1 is 1.45 bits per heavy atom. The number of benzene rings is 1. The van der Waals surface area contributed by atoms with E-state index in [-0.39, 0.29) is 12.3 Å². The van der Waals surface area contributed by atoms with E-state index >= 15 is 0 Å².